The zero-order valence-corrected chi connectivity index (χ0v) is 15.3. The van der Waals surface area contributed by atoms with Crippen molar-refractivity contribution in [2.45, 2.75) is 56.5 Å². The largest absolute Gasteiger partial charge is 0.480 e. The van der Waals surface area contributed by atoms with Crippen LogP contribution in [0.2, 0.25) is 0 Å². The van der Waals surface area contributed by atoms with Crippen LogP contribution in [0, 0.1) is 5.41 Å². The van der Waals surface area contributed by atoms with Crippen LogP contribution in [-0.4, -0.2) is 30.9 Å². The first-order valence-corrected chi connectivity index (χ1v) is 9.81. The van der Waals surface area contributed by atoms with Gasteiger partial charge in [-0.15, -0.1) is 0 Å². The quantitative estimate of drug-likeness (QED) is 0.581. The maximum atomic E-state index is 10.6. The summed E-state index contributed by atoms with van der Waals surface area (Å²) in [7, 11) is 0. The number of hydrogen-bond acceptors (Lipinski definition) is 3. The topological polar surface area (TPSA) is 55.8 Å². The van der Waals surface area contributed by atoms with Gasteiger partial charge >= 0.3 is 5.97 Å². The molecule has 2 aliphatic carbocycles. The highest BCUT2D eigenvalue weighted by Crippen LogP contribution is 2.56. The molecule has 1 aromatic carbocycles. The molecule has 0 radical (unpaired) electrons. The Morgan fingerprint density at radius 3 is 2.54 bits per heavy atom. The Hall–Kier alpha value is -1.65. The highest BCUT2D eigenvalue weighted by atomic mass is 16.5. The summed E-state index contributed by atoms with van der Waals surface area (Å²) in [6, 6.07) is 8.88. The third-order valence-corrected chi connectivity index (χ3v) is 6.67. The molecular formula is C22H28O4. The molecule has 0 atom stereocenters. The summed E-state index contributed by atoms with van der Waals surface area (Å²) in [5.74, 6) is -0.301. The fraction of sp³-hybridized carbons (Fsp3) is 0.591. The number of carboxylic acids is 1. The van der Waals surface area contributed by atoms with E-state index in [0.29, 0.717) is 12.5 Å². The Morgan fingerprint density at radius 2 is 1.88 bits per heavy atom. The van der Waals surface area contributed by atoms with Gasteiger partial charge in [-0.3, -0.25) is 0 Å². The number of benzene rings is 1. The number of aliphatic carboxylic acids is 1. The van der Waals surface area contributed by atoms with Crippen LogP contribution in [0.3, 0.4) is 0 Å². The summed E-state index contributed by atoms with van der Waals surface area (Å²) in [5, 5.41) is 8.70. The molecular weight excluding hydrogens is 328 g/mol. The number of rotatable bonds is 7. The average Bonchev–Trinajstić information content (AvgIpc) is 3.21. The number of fused-ring (bicyclic) bond motifs is 3. The Labute approximate surface area is 155 Å². The third-order valence-electron chi connectivity index (χ3n) is 6.67. The van der Waals surface area contributed by atoms with Crippen LogP contribution in [0.5, 0.6) is 0 Å². The van der Waals surface area contributed by atoms with Crippen molar-refractivity contribution < 1.29 is 19.4 Å². The molecule has 2 saturated heterocycles. The van der Waals surface area contributed by atoms with Crippen LogP contribution in [0.1, 0.15) is 62.0 Å². The number of allylic oxidation sites excluding steroid dienone is 2. The predicted molar refractivity (Wildman–Crippen MR) is 99.2 cm³/mol. The maximum Gasteiger partial charge on any atom is 0.329 e. The summed E-state index contributed by atoms with van der Waals surface area (Å²) in [6.07, 6.45) is 12.2. The summed E-state index contributed by atoms with van der Waals surface area (Å²) in [4.78, 5) is 10.6. The fourth-order valence-electron chi connectivity index (χ4n) is 5.02. The first-order valence-electron chi connectivity index (χ1n) is 9.81. The van der Waals surface area contributed by atoms with Gasteiger partial charge in [0.2, 0.25) is 0 Å². The normalized spacial score (nSPS) is 30.8. The molecule has 1 N–H and O–H groups in total. The molecule has 0 amide bonds. The van der Waals surface area contributed by atoms with E-state index in [4.69, 9.17) is 14.6 Å². The molecule has 0 aromatic heterocycles. The molecule has 26 heavy (non-hydrogen) atoms. The molecule has 4 nitrogen and oxygen atoms in total. The number of carbonyl (C=O) groups is 1. The van der Waals surface area contributed by atoms with Crippen LogP contribution in [-0.2, 0) is 19.9 Å². The predicted octanol–water partition coefficient (Wildman–Crippen LogP) is 4.40. The van der Waals surface area contributed by atoms with Crippen molar-refractivity contribution >= 4 is 5.97 Å². The van der Waals surface area contributed by atoms with E-state index < -0.39 is 5.97 Å². The second-order valence-electron chi connectivity index (χ2n) is 8.21. The van der Waals surface area contributed by atoms with E-state index in [1.165, 1.54) is 11.1 Å². The van der Waals surface area contributed by atoms with Crippen LogP contribution in [0.15, 0.2) is 36.4 Å². The number of carboxylic acid groups (broad SMARTS) is 1. The van der Waals surface area contributed by atoms with Crippen LogP contribution in [0.4, 0.5) is 0 Å². The van der Waals surface area contributed by atoms with Crippen molar-refractivity contribution in [1.82, 2.24) is 0 Å². The molecule has 2 aliphatic heterocycles. The molecule has 4 heteroatoms. The zero-order chi connectivity index (χ0) is 18.0. The lowest BCUT2D eigenvalue weighted by Crippen LogP contribution is -2.50. The molecule has 3 fully saturated rings. The van der Waals surface area contributed by atoms with Gasteiger partial charge in [-0.05, 0) is 67.4 Å². The van der Waals surface area contributed by atoms with Gasteiger partial charge in [-0.2, -0.15) is 0 Å². The molecule has 4 aliphatic rings. The van der Waals surface area contributed by atoms with E-state index in [1.54, 1.807) is 0 Å². The minimum absolute atomic E-state index is 0.122. The standard InChI is InChI=1S/C22H28O4/c23-20(24)15-25-14-13-21-9-11-22(12-10-21,26-16-21)19-8-4-3-7-18(19)17-5-1-2-6-17/h1-4,7-8,17H,5-6,9-16H2,(H,23,24). The average molecular weight is 356 g/mol. The molecule has 0 unspecified atom stereocenters. The summed E-state index contributed by atoms with van der Waals surface area (Å²) in [5.41, 5.74) is 2.92. The van der Waals surface area contributed by atoms with Crippen molar-refractivity contribution in [2.75, 3.05) is 19.8 Å². The number of hydrogen-bond donors (Lipinski definition) is 1. The van der Waals surface area contributed by atoms with Gasteiger partial charge in [0.25, 0.3) is 0 Å². The monoisotopic (exact) mass is 356 g/mol. The summed E-state index contributed by atoms with van der Waals surface area (Å²) in [6.45, 7) is 1.07. The Bertz CT molecular complexity index is 661. The van der Waals surface area contributed by atoms with Crippen LogP contribution >= 0.6 is 0 Å². The third kappa shape index (κ3) is 3.33. The van der Waals surface area contributed by atoms with E-state index in [9.17, 15) is 4.79 Å². The Balaban J connectivity index is 1.44. The molecule has 5 rings (SSSR count). The molecule has 2 bridgehead atoms. The first-order chi connectivity index (χ1) is 12.6. The van der Waals surface area contributed by atoms with Crippen LogP contribution in [0.25, 0.3) is 0 Å². The van der Waals surface area contributed by atoms with Crippen molar-refractivity contribution in [2.24, 2.45) is 5.41 Å². The minimum atomic E-state index is -0.900. The van der Waals surface area contributed by atoms with Gasteiger partial charge in [-0.25, -0.2) is 4.79 Å². The Kier molecular flexibility index (Phi) is 4.89. The lowest BCUT2D eigenvalue weighted by Gasteiger charge is -2.54. The molecule has 0 spiro atoms. The van der Waals surface area contributed by atoms with E-state index >= 15 is 0 Å². The molecule has 140 valence electrons. The SMILES string of the molecule is O=C(O)COCCC12CCC(c3ccccc3C3CC=CC3)(CC1)OC2. The minimum Gasteiger partial charge on any atom is -0.480 e. The highest BCUT2D eigenvalue weighted by molar-refractivity contribution is 5.67. The second-order valence-corrected chi connectivity index (χ2v) is 8.21. The maximum absolute atomic E-state index is 10.6. The molecule has 2 heterocycles. The number of ether oxygens (including phenoxy) is 2. The van der Waals surface area contributed by atoms with Gasteiger partial charge in [-0.1, -0.05) is 36.4 Å². The molecule has 1 saturated carbocycles. The van der Waals surface area contributed by atoms with Gasteiger partial charge in [0.15, 0.2) is 0 Å². The van der Waals surface area contributed by atoms with E-state index in [-0.39, 0.29) is 17.6 Å². The second kappa shape index (κ2) is 7.16. The lowest BCUT2D eigenvalue weighted by molar-refractivity contribution is -0.195. The lowest BCUT2D eigenvalue weighted by atomic mass is 9.62. The first kappa shape index (κ1) is 17.7. The van der Waals surface area contributed by atoms with E-state index in [2.05, 4.69) is 36.4 Å². The molecule has 1 aromatic rings. The summed E-state index contributed by atoms with van der Waals surface area (Å²) >= 11 is 0. The highest BCUT2D eigenvalue weighted by Gasteiger charge is 2.51. The van der Waals surface area contributed by atoms with Crippen molar-refractivity contribution in [3.63, 3.8) is 0 Å². The van der Waals surface area contributed by atoms with Crippen molar-refractivity contribution in [1.29, 1.82) is 0 Å². The van der Waals surface area contributed by atoms with Crippen molar-refractivity contribution in [3.8, 4) is 0 Å². The van der Waals surface area contributed by atoms with E-state index in [1.807, 2.05) is 0 Å². The van der Waals surface area contributed by atoms with Gasteiger partial charge in [0.05, 0.1) is 12.2 Å². The Morgan fingerprint density at radius 1 is 1.15 bits per heavy atom. The zero-order valence-electron chi connectivity index (χ0n) is 15.3. The van der Waals surface area contributed by atoms with Crippen molar-refractivity contribution in [3.05, 3.63) is 47.5 Å². The fourth-order valence-corrected chi connectivity index (χ4v) is 5.02. The van der Waals surface area contributed by atoms with Gasteiger partial charge < -0.3 is 14.6 Å². The van der Waals surface area contributed by atoms with E-state index in [0.717, 1.165) is 51.6 Å². The summed E-state index contributed by atoms with van der Waals surface area (Å²) < 4.78 is 11.8. The smallest absolute Gasteiger partial charge is 0.329 e. The van der Waals surface area contributed by atoms with Gasteiger partial charge in [0, 0.05) is 6.61 Å². The van der Waals surface area contributed by atoms with Crippen LogP contribution < -0.4 is 0 Å². The van der Waals surface area contributed by atoms with Gasteiger partial charge in [0.1, 0.15) is 6.61 Å².